The Morgan fingerprint density at radius 3 is 2.14 bits per heavy atom. The van der Waals surface area contributed by atoms with Gasteiger partial charge in [-0.1, -0.05) is 60.7 Å². The van der Waals surface area contributed by atoms with E-state index in [9.17, 15) is 14.3 Å². The van der Waals surface area contributed by atoms with Crippen molar-refractivity contribution in [3.8, 4) is 11.1 Å². The topological polar surface area (TPSA) is 58.6 Å². The number of carbonyl (C=O) groups is 1. The molecule has 4 rings (SSSR count). The lowest BCUT2D eigenvalue weighted by molar-refractivity contribution is 0.141. The minimum atomic E-state index is -0.535. The number of benzene rings is 3. The maximum absolute atomic E-state index is 13.1. The summed E-state index contributed by atoms with van der Waals surface area (Å²) in [7, 11) is 0. The Morgan fingerprint density at radius 1 is 0.966 bits per heavy atom. The van der Waals surface area contributed by atoms with Crippen molar-refractivity contribution >= 4 is 6.09 Å². The van der Waals surface area contributed by atoms with Crippen LogP contribution < -0.4 is 5.32 Å². The SMILES string of the molecule is O=C(NCC(CO)c1ccc(F)cc1)OCC1c2ccccc2-c2ccccc21. The number of halogens is 1. The van der Waals surface area contributed by atoms with Crippen molar-refractivity contribution in [2.24, 2.45) is 0 Å². The highest BCUT2D eigenvalue weighted by Gasteiger charge is 2.29. The molecule has 0 bridgehead atoms. The number of hydrogen-bond donors (Lipinski definition) is 2. The zero-order chi connectivity index (χ0) is 20.2. The van der Waals surface area contributed by atoms with E-state index in [-0.39, 0.29) is 37.4 Å². The monoisotopic (exact) mass is 391 g/mol. The van der Waals surface area contributed by atoms with Gasteiger partial charge < -0.3 is 15.2 Å². The standard InChI is InChI=1S/C24H22FNO3/c25-18-11-9-16(10-12-18)17(14-27)13-26-24(28)29-15-23-21-7-3-1-5-19(21)20-6-2-4-8-22(20)23/h1-12,17,23,27H,13-15H2,(H,26,28). The van der Waals surface area contributed by atoms with E-state index in [1.54, 1.807) is 12.1 Å². The van der Waals surface area contributed by atoms with E-state index in [1.807, 2.05) is 24.3 Å². The van der Waals surface area contributed by atoms with Crippen molar-refractivity contribution in [1.29, 1.82) is 0 Å². The minimum absolute atomic E-state index is 0.00103. The molecule has 1 amide bonds. The Hall–Kier alpha value is -3.18. The van der Waals surface area contributed by atoms with Crippen LogP contribution in [-0.2, 0) is 4.74 Å². The van der Waals surface area contributed by atoms with E-state index >= 15 is 0 Å². The number of ether oxygens (including phenoxy) is 1. The Bertz CT molecular complexity index is 958. The van der Waals surface area contributed by atoms with Crippen LogP contribution in [0.2, 0.25) is 0 Å². The van der Waals surface area contributed by atoms with Gasteiger partial charge in [-0.25, -0.2) is 9.18 Å². The quantitative estimate of drug-likeness (QED) is 0.653. The van der Waals surface area contributed by atoms with E-state index in [2.05, 4.69) is 29.6 Å². The third kappa shape index (κ3) is 4.00. The summed E-state index contributed by atoms with van der Waals surface area (Å²) in [5.41, 5.74) is 5.41. The Balaban J connectivity index is 1.38. The third-order valence-corrected chi connectivity index (χ3v) is 5.40. The molecule has 4 nitrogen and oxygen atoms in total. The number of aliphatic hydroxyl groups excluding tert-OH is 1. The predicted molar refractivity (Wildman–Crippen MR) is 109 cm³/mol. The first-order valence-corrected chi connectivity index (χ1v) is 9.62. The number of hydrogen-bond acceptors (Lipinski definition) is 3. The average molecular weight is 391 g/mol. The van der Waals surface area contributed by atoms with E-state index in [1.165, 1.54) is 23.3 Å². The molecule has 0 radical (unpaired) electrons. The van der Waals surface area contributed by atoms with Crippen molar-refractivity contribution in [2.45, 2.75) is 11.8 Å². The fraction of sp³-hybridized carbons (Fsp3) is 0.208. The smallest absolute Gasteiger partial charge is 0.407 e. The van der Waals surface area contributed by atoms with Crippen LogP contribution >= 0.6 is 0 Å². The van der Waals surface area contributed by atoms with Gasteiger partial charge >= 0.3 is 6.09 Å². The molecule has 0 spiro atoms. The van der Waals surface area contributed by atoms with Gasteiger partial charge in [0.15, 0.2) is 0 Å². The van der Waals surface area contributed by atoms with Gasteiger partial charge in [-0.05, 0) is 39.9 Å². The number of nitrogens with one attached hydrogen (secondary N) is 1. The normalized spacial score (nSPS) is 13.4. The first-order valence-electron chi connectivity index (χ1n) is 9.62. The molecule has 1 unspecified atom stereocenters. The van der Waals surface area contributed by atoms with Gasteiger partial charge in [0.1, 0.15) is 12.4 Å². The predicted octanol–water partition coefficient (Wildman–Crippen LogP) is 4.44. The minimum Gasteiger partial charge on any atom is -0.449 e. The molecule has 1 aliphatic rings. The highest BCUT2D eigenvalue weighted by atomic mass is 19.1. The second kappa shape index (κ2) is 8.45. The molecule has 1 aliphatic carbocycles. The number of aliphatic hydroxyl groups is 1. The fourth-order valence-electron chi connectivity index (χ4n) is 3.88. The van der Waals surface area contributed by atoms with Crippen LogP contribution in [0.4, 0.5) is 9.18 Å². The molecular formula is C24H22FNO3. The summed E-state index contributed by atoms with van der Waals surface area (Å²) in [6, 6.07) is 22.2. The first kappa shape index (κ1) is 19.2. The average Bonchev–Trinajstić information content (AvgIpc) is 3.08. The maximum atomic E-state index is 13.1. The van der Waals surface area contributed by atoms with Gasteiger partial charge in [-0.3, -0.25) is 0 Å². The lowest BCUT2D eigenvalue weighted by Gasteiger charge is -2.17. The van der Waals surface area contributed by atoms with Crippen molar-refractivity contribution < 1.29 is 19.0 Å². The highest BCUT2D eigenvalue weighted by molar-refractivity contribution is 5.79. The van der Waals surface area contributed by atoms with Crippen LogP contribution in [0.1, 0.15) is 28.5 Å². The van der Waals surface area contributed by atoms with Crippen molar-refractivity contribution in [3.63, 3.8) is 0 Å². The van der Waals surface area contributed by atoms with Crippen molar-refractivity contribution in [2.75, 3.05) is 19.8 Å². The molecule has 2 N–H and O–H groups in total. The lowest BCUT2D eigenvalue weighted by atomic mass is 9.98. The van der Waals surface area contributed by atoms with Gasteiger partial charge in [0.25, 0.3) is 0 Å². The lowest BCUT2D eigenvalue weighted by Crippen LogP contribution is -2.31. The van der Waals surface area contributed by atoms with Gasteiger partial charge in [-0.2, -0.15) is 0 Å². The van der Waals surface area contributed by atoms with Crippen LogP contribution in [0.5, 0.6) is 0 Å². The van der Waals surface area contributed by atoms with Crippen molar-refractivity contribution in [1.82, 2.24) is 5.32 Å². The van der Waals surface area contributed by atoms with Crippen LogP contribution in [0.25, 0.3) is 11.1 Å². The summed E-state index contributed by atoms with van der Waals surface area (Å²) in [6.07, 6.45) is -0.535. The molecule has 29 heavy (non-hydrogen) atoms. The van der Waals surface area contributed by atoms with E-state index in [0.29, 0.717) is 0 Å². The number of amides is 1. The number of rotatable bonds is 6. The van der Waals surface area contributed by atoms with Gasteiger partial charge in [0, 0.05) is 18.4 Å². The molecule has 0 fully saturated rings. The number of alkyl carbamates (subject to hydrolysis) is 1. The van der Waals surface area contributed by atoms with E-state index in [0.717, 1.165) is 16.7 Å². The zero-order valence-corrected chi connectivity index (χ0v) is 15.8. The highest BCUT2D eigenvalue weighted by Crippen LogP contribution is 2.44. The molecule has 5 heteroatoms. The third-order valence-electron chi connectivity index (χ3n) is 5.40. The molecule has 0 aliphatic heterocycles. The van der Waals surface area contributed by atoms with Crippen LogP contribution in [-0.4, -0.2) is 31.0 Å². The molecule has 0 saturated heterocycles. The van der Waals surface area contributed by atoms with Gasteiger partial charge in [0.05, 0.1) is 6.61 Å². The van der Waals surface area contributed by atoms with Crippen molar-refractivity contribution in [3.05, 3.63) is 95.3 Å². The summed E-state index contributed by atoms with van der Waals surface area (Å²) in [5.74, 6) is -0.662. The van der Waals surface area contributed by atoms with Gasteiger partial charge in [0.2, 0.25) is 0 Å². The summed E-state index contributed by atoms with van der Waals surface area (Å²) >= 11 is 0. The fourth-order valence-corrected chi connectivity index (χ4v) is 3.88. The van der Waals surface area contributed by atoms with Crippen LogP contribution in [0, 0.1) is 5.82 Å². The summed E-state index contributed by atoms with van der Waals surface area (Å²) in [4.78, 5) is 12.3. The number of fused-ring (bicyclic) bond motifs is 3. The largest absolute Gasteiger partial charge is 0.449 e. The second-order valence-corrected chi connectivity index (χ2v) is 7.14. The molecule has 148 valence electrons. The van der Waals surface area contributed by atoms with E-state index < -0.39 is 6.09 Å². The maximum Gasteiger partial charge on any atom is 0.407 e. The molecule has 0 heterocycles. The zero-order valence-electron chi connectivity index (χ0n) is 15.8. The molecule has 0 aromatic heterocycles. The summed E-state index contributed by atoms with van der Waals surface area (Å²) < 4.78 is 18.6. The summed E-state index contributed by atoms with van der Waals surface area (Å²) in [6.45, 7) is 0.286. The number of carbonyl (C=O) groups excluding carboxylic acids is 1. The molecule has 1 atom stereocenters. The molecule has 0 saturated carbocycles. The first-order chi connectivity index (χ1) is 14.2. The van der Waals surface area contributed by atoms with E-state index in [4.69, 9.17) is 4.74 Å². The Kier molecular flexibility index (Phi) is 5.58. The Labute approximate surface area is 169 Å². The van der Waals surface area contributed by atoms with Gasteiger partial charge in [-0.15, -0.1) is 0 Å². The molecule has 3 aromatic rings. The molecule has 3 aromatic carbocycles. The summed E-state index contributed by atoms with van der Waals surface area (Å²) in [5, 5.41) is 12.3. The van der Waals surface area contributed by atoms with Crippen LogP contribution in [0.3, 0.4) is 0 Å². The Morgan fingerprint density at radius 2 is 1.55 bits per heavy atom. The molecular weight excluding hydrogens is 369 g/mol. The van der Waals surface area contributed by atoms with Crippen LogP contribution in [0.15, 0.2) is 72.8 Å². The second-order valence-electron chi connectivity index (χ2n) is 7.14.